The monoisotopic (exact) mass is 463 g/mol. The van der Waals surface area contributed by atoms with Crippen LogP contribution in [0.15, 0.2) is 66.0 Å². The van der Waals surface area contributed by atoms with Crippen molar-refractivity contribution in [3.05, 3.63) is 82.0 Å². The van der Waals surface area contributed by atoms with Crippen molar-refractivity contribution < 1.29 is 19.5 Å². The topological polar surface area (TPSA) is 98.7 Å². The lowest BCUT2D eigenvalue weighted by Crippen LogP contribution is -2.40. The van der Waals surface area contributed by atoms with Gasteiger partial charge in [0.25, 0.3) is 5.91 Å². The van der Waals surface area contributed by atoms with Gasteiger partial charge in [0.15, 0.2) is 0 Å². The Hall–Kier alpha value is -3.49. The van der Waals surface area contributed by atoms with E-state index < -0.39 is 17.9 Å². The molecule has 33 heavy (non-hydrogen) atoms. The van der Waals surface area contributed by atoms with Crippen molar-refractivity contribution in [1.82, 2.24) is 5.32 Å². The van der Waals surface area contributed by atoms with Gasteiger partial charge in [-0.25, -0.2) is 0 Å². The fraction of sp³-hybridized carbons (Fsp3) is 0.240. The summed E-state index contributed by atoms with van der Waals surface area (Å²) in [4.78, 5) is 39.7. The minimum Gasteiger partial charge on any atom is -0.391 e. The zero-order valence-electron chi connectivity index (χ0n) is 18.0. The molecule has 170 valence electrons. The number of hydrogen-bond acceptors (Lipinski definition) is 5. The summed E-state index contributed by atoms with van der Waals surface area (Å²) in [5.41, 5.74) is 3.21. The zero-order chi connectivity index (χ0) is 23.2. The van der Waals surface area contributed by atoms with Crippen molar-refractivity contribution in [3.8, 4) is 0 Å². The molecule has 0 saturated heterocycles. The molecule has 3 amide bonds. The number of aliphatic hydroxyl groups excluding tert-OH is 1. The van der Waals surface area contributed by atoms with Crippen LogP contribution < -0.4 is 15.5 Å². The van der Waals surface area contributed by atoms with E-state index in [1.807, 2.05) is 47.8 Å². The molecule has 1 unspecified atom stereocenters. The van der Waals surface area contributed by atoms with Gasteiger partial charge in [0.05, 0.1) is 11.0 Å². The fourth-order valence-electron chi connectivity index (χ4n) is 3.86. The molecule has 3 N–H and O–H groups in total. The second-order valence-corrected chi connectivity index (χ2v) is 8.84. The highest BCUT2D eigenvalue weighted by Gasteiger charge is 2.25. The van der Waals surface area contributed by atoms with Crippen molar-refractivity contribution in [2.75, 3.05) is 23.3 Å². The molecule has 1 aliphatic heterocycles. The first-order valence-electron chi connectivity index (χ1n) is 10.8. The van der Waals surface area contributed by atoms with Crippen LogP contribution in [0.2, 0.25) is 0 Å². The lowest BCUT2D eigenvalue weighted by molar-refractivity contribution is -0.136. The lowest BCUT2D eigenvalue weighted by Gasteiger charge is -2.29. The maximum atomic E-state index is 12.8. The summed E-state index contributed by atoms with van der Waals surface area (Å²) >= 11 is 1.41. The number of fused-ring (bicyclic) bond motifs is 1. The summed E-state index contributed by atoms with van der Waals surface area (Å²) in [6.07, 6.45) is 1.19. The van der Waals surface area contributed by atoms with Gasteiger partial charge in [-0.15, -0.1) is 11.3 Å². The first-order valence-corrected chi connectivity index (χ1v) is 11.7. The number of rotatable bonds is 6. The molecule has 1 aliphatic rings. The number of aryl methyl sites for hydroxylation is 1. The number of thiophene rings is 1. The Morgan fingerprint density at radius 2 is 1.85 bits per heavy atom. The number of nitrogens with one attached hydrogen (secondary N) is 2. The average Bonchev–Trinajstić information content (AvgIpc) is 3.37. The Labute approximate surface area is 196 Å². The van der Waals surface area contributed by atoms with Crippen molar-refractivity contribution in [2.45, 2.75) is 25.4 Å². The number of aliphatic hydroxyl groups is 1. The lowest BCUT2D eigenvalue weighted by atomic mass is 10.0. The van der Waals surface area contributed by atoms with Crippen LogP contribution >= 0.6 is 11.3 Å². The van der Waals surface area contributed by atoms with Crippen LogP contribution in [0.5, 0.6) is 0 Å². The number of amides is 3. The van der Waals surface area contributed by atoms with E-state index in [4.69, 9.17) is 0 Å². The summed E-state index contributed by atoms with van der Waals surface area (Å²) in [7, 11) is 0. The Kier molecular flexibility index (Phi) is 7.16. The standard InChI is InChI=1S/C25H25N3O4S/c29-20(14-17-6-2-1-3-7-17)16-26-23(30)24(31)27-19-10-11-21-18(15-19)8-4-12-28(21)25(32)22-9-5-13-33-22/h1-3,5-7,9-11,13,15,20,29H,4,8,12,14,16H2,(H,26,30)(H,27,31). The molecule has 4 rings (SSSR count). The van der Waals surface area contributed by atoms with Gasteiger partial charge < -0.3 is 20.6 Å². The van der Waals surface area contributed by atoms with E-state index in [-0.39, 0.29) is 12.5 Å². The van der Waals surface area contributed by atoms with E-state index in [0.717, 1.165) is 29.7 Å². The van der Waals surface area contributed by atoms with E-state index >= 15 is 0 Å². The molecular formula is C25H25N3O4S. The third-order valence-corrected chi connectivity index (χ3v) is 6.31. The first kappa shape index (κ1) is 22.7. The summed E-state index contributed by atoms with van der Waals surface area (Å²) in [5, 5.41) is 17.1. The van der Waals surface area contributed by atoms with Gasteiger partial charge in [-0.2, -0.15) is 0 Å². The van der Waals surface area contributed by atoms with Crippen LogP contribution in [0.1, 0.15) is 27.2 Å². The molecule has 0 aliphatic carbocycles. The van der Waals surface area contributed by atoms with Crippen LogP contribution in [0.25, 0.3) is 0 Å². The van der Waals surface area contributed by atoms with Gasteiger partial charge in [0, 0.05) is 30.9 Å². The summed E-state index contributed by atoms with van der Waals surface area (Å²) < 4.78 is 0. The van der Waals surface area contributed by atoms with Crippen LogP contribution in [0.3, 0.4) is 0 Å². The van der Waals surface area contributed by atoms with E-state index in [0.29, 0.717) is 23.5 Å². The number of benzene rings is 2. The SMILES string of the molecule is O=C(NCC(O)Cc1ccccc1)C(=O)Nc1ccc2c(c1)CCCN2C(=O)c1cccs1. The number of carbonyl (C=O) groups excluding carboxylic acids is 3. The van der Waals surface area contributed by atoms with Crippen LogP contribution in [0.4, 0.5) is 11.4 Å². The molecule has 2 heterocycles. The van der Waals surface area contributed by atoms with Crippen molar-refractivity contribution in [1.29, 1.82) is 0 Å². The number of nitrogens with zero attached hydrogens (tertiary/aromatic N) is 1. The predicted octanol–water partition coefficient (Wildman–Crippen LogP) is 3.00. The fourth-order valence-corrected chi connectivity index (χ4v) is 4.53. The predicted molar refractivity (Wildman–Crippen MR) is 129 cm³/mol. The minimum absolute atomic E-state index is 0.0227. The Balaban J connectivity index is 1.33. The van der Waals surface area contributed by atoms with Gasteiger partial charge in [-0.3, -0.25) is 14.4 Å². The molecule has 1 atom stereocenters. The second kappa shape index (κ2) is 10.4. The highest BCUT2D eigenvalue weighted by atomic mass is 32.1. The highest BCUT2D eigenvalue weighted by molar-refractivity contribution is 7.12. The molecular weight excluding hydrogens is 438 g/mol. The average molecular weight is 464 g/mol. The van der Waals surface area contributed by atoms with Gasteiger partial charge >= 0.3 is 11.8 Å². The molecule has 2 aromatic carbocycles. The van der Waals surface area contributed by atoms with Gasteiger partial charge in [-0.1, -0.05) is 36.4 Å². The molecule has 3 aromatic rings. The zero-order valence-corrected chi connectivity index (χ0v) is 18.8. The van der Waals surface area contributed by atoms with Crippen LogP contribution in [-0.4, -0.2) is 42.0 Å². The van der Waals surface area contributed by atoms with Crippen molar-refractivity contribution in [3.63, 3.8) is 0 Å². The van der Waals surface area contributed by atoms with E-state index in [9.17, 15) is 19.5 Å². The summed E-state index contributed by atoms with van der Waals surface area (Å²) in [6.45, 7) is 0.619. The summed E-state index contributed by atoms with van der Waals surface area (Å²) in [5.74, 6) is -1.64. The van der Waals surface area contributed by atoms with Gasteiger partial charge in [-0.05, 0) is 53.6 Å². The molecule has 0 saturated carbocycles. The van der Waals surface area contributed by atoms with Crippen molar-refractivity contribution in [2.24, 2.45) is 0 Å². The number of anilines is 2. The molecule has 7 nitrogen and oxygen atoms in total. The normalized spacial score (nSPS) is 13.7. The van der Waals surface area contributed by atoms with E-state index in [1.54, 1.807) is 23.1 Å². The first-order chi connectivity index (χ1) is 16.0. The Morgan fingerprint density at radius 3 is 2.61 bits per heavy atom. The molecule has 8 heteroatoms. The summed E-state index contributed by atoms with van der Waals surface area (Å²) in [6, 6.07) is 18.4. The molecule has 1 aromatic heterocycles. The molecule has 0 radical (unpaired) electrons. The smallest absolute Gasteiger partial charge is 0.313 e. The molecule has 0 spiro atoms. The molecule has 0 fully saturated rings. The van der Waals surface area contributed by atoms with Gasteiger partial charge in [0.1, 0.15) is 0 Å². The third kappa shape index (κ3) is 5.66. The second-order valence-electron chi connectivity index (χ2n) is 7.89. The highest BCUT2D eigenvalue weighted by Crippen LogP contribution is 2.31. The minimum atomic E-state index is -0.811. The van der Waals surface area contributed by atoms with Crippen LogP contribution in [-0.2, 0) is 22.4 Å². The largest absolute Gasteiger partial charge is 0.391 e. The van der Waals surface area contributed by atoms with Gasteiger partial charge in [0.2, 0.25) is 0 Å². The molecule has 0 bridgehead atoms. The van der Waals surface area contributed by atoms with Crippen LogP contribution in [0, 0.1) is 0 Å². The third-order valence-electron chi connectivity index (χ3n) is 5.45. The maximum Gasteiger partial charge on any atom is 0.313 e. The van der Waals surface area contributed by atoms with E-state index in [1.165, 1.54) is 11.3 Å². The number of hydrogen-bond donors (Lipinski definition) is 3. The van der Waals surface area contributed by atoms with Crippen molar-refractivity contribution >= 4 is 40.4 Å². The Bertz CT molecular complexity index is 1130. The quantitative estimate of drug-likeness (QED) is 0.490. The number of carbonyl (C=O) groups is 3. The maximum absolute atomic E-state index is 12.8. The van der Waals surface area contributed by atoms with E-state index in [2.05, 4.69) is 10.6 Å². The Morgan fingerprint density at radius 1 is 1.03 bits per heavy atom.